The summed E-state index contributed by atoms with van der Waals surface area (Å²) < 4.78 is 1.34. The van der Waals surface area contributed by atoms with E-state index in [4.69, 9.17) is 17.4 Å². The van der Waals surface area contributed by atoms with Crippen molar-refractivity contribution in [1.29, 1.82) is 5.26 Å². The van der Waals surface area contributed by atoms with Crippen molar-refractivity contribution in [2.45, 2.75) is 30.5 Å². The lowest BCUT2D eigenvalue weighted by molar-refractivity contribution is -0.119. The van der Waals surface area contributed by atoms with Gasteiger partial charge in [-0.3, -0.25) is 4.79 Å². The van der Waals surface area contributed by atoms with Gasteiger partial charge in [0.1, 0.15) is 5.54 Å². The summed E-state index contributed by atoms with van der Waals surface area (Å²) in [5.74, 6) is 6.63. The molecule has 0 saturated heterocycles. The first-order valence-corrected chi connectivity index (χ1v) is 9.11. The van der Waals surface area contributed by atoms with Gasteiger partial charge in [0.2, 0.25) is 11.1 Å². The van der Waals surface area contributed by atoms with Crippen LogP contribution in [0.3, 0.4) is 0 Å². The summed E-state index contributed by atoms with van der Waals surface area (Å²) in [7, 11) is 0. The van der Waals surface area contributed by atoms with E-state index in [-0.39, 0.29) is 17.6 Å². The van der Waals surface area contributed by atoms with Crippen LogP contribution in [-0.4, -0.2) is 32.1 Å². The van der Waals surface area contributed by atoms with Gasteiger partial charge in [0.25, 0.3) is 0 Å². The summed E-state index contributed by atoms with van der Waals surface area (Å²) in [5, 5.41) is 21.2. The second-order valence-electron chi connectivity index (χ2n) is 6.11. The Morgan fingerprint density at radius 2 is 2.16 bits per heavy atom. The van der Waals surface area contributed by atoms with Gasteiger partial charge >= 0.3 is 0 Å². The molecule has 1 fully saturated rings. The fourth-order valence-corrected chi connectivity index (χ4v) is 3.29. The lowest BCUT2D eigenvalue weighted by atomic mass is 9.98. The number of hydrogen-bond donors (Lipinski definition) is 2. The highest BCUT2D eigenvalue weighted by Crippen LogP contribution is 2.39. The van der Waals surface area contributed by atoms with E-state index in [0.717, 1.165) is 18.4 Å². The van der Waals surface area contributed by atoms with Crippen LogP contribution >= 0.6 is 23.4 Å². The van der Waals surface area contributed by atoms with E-state index in [0.29, 0.717) is 16.0 Å². The van der Waals surface area contributed by atoms with Gasteiger partial charge in [0, 0.05) is 10.6 Å². The van der Waals surface area contributed by atoms with Gasteiger partial charge in [-0.15, -0.1) is 10.2 Å². The predicted octanol–water partition coefficient (Wildman–Crippen LogP) is 2.21. The van der Waals surface area contributed by atoms with Gasteiger partial charge in [-0.05, 0) is 49.9 Å². The minimum absolute atomic E-state index is 0.111. The summed E-state index contributed by atoms with van der Waals surface area (Å²) in [4.78, 5) is 12.2. The van der Waals surface area contributed by atoms with E-state index in [2.05, 4.69) is 21.6 Å². The molecule has 1 atom stereocenters. The zero-order valence-corrected chi connectivity index (χ0v) is 15.1. The van der Waals surface area contributed by atoms with Crippen molar-refractivity contribution in [2.75, 3.05) is 11.6 Å². The third kappa shape index (κ3) is 3.89. The van der Waals surface area contributed by atoms with Crippen molar-refractivity contribution < 1.29 is 4.79 Å². The number of aromatic nitrogens is 3. The summed E-state index contributed by atoms with van der Waals surface area (Å²) in [5.41, 5.74) is -0.0239. The molecule has 1 aromatic heterocycles. The number of hydrogen-bond acceptors (Lipinski definition) is 6. The van der Waals surface area contributed by atoms with Crippen LogP contribution < -0.4 is 11.2 Å². The van der Waals surface area contributed by atoms with E-state index in [1.807, 2.05) is 0 Å². The van der Waals surface area contributed by atoms with Gasteiger partial charge in [-0.1, -0.05) is 23.4 Å². The molecule has 1 amide bonds. The molecule has 2 aromatic rings. The topological polar surface area (TPSA) is 110 Å². The van der Waals surface area contributed by atoms with Crippen LogP contribution in [0.25, 0.3) is 11.4 Å². The van der Waals surface area contributed by atoms with E-state index in [9.17, 15) is 10.1 Å². The summed E-state index contributed by atoms with van der Waals surface area (Å²) >= 11 is 7.05. The van der Waals surface area contributed by atoms with Gasteiger partial charge in [0.15, 0.2) is 5.82 Å². The molecule has 1 aliphatic carbocycles. The fourth-order valence-electron chi connectivity index (χ4n) is 2.51. The van der Waals surface area contributed by atoms with Gasteiger partial charge < -0.3 is 11.2 Å². The van der Waals surface area contributed by atoms with Gasteiger partial charge in [-0.2, -0.15) is 5.26 Å². The van der Waals surface area contributed by atoms with Crippen molar-refractivity contribution in [3.05, 3.63) is 29.3 Å². The number of carbonyl (C=O) groups is 1. The van der Waals surface area contributed by atoms with Crippen LogP contribution in [0.5, 0.6) is 0 Å². The first kappa shape index (κ1) is 17.6. The highest BCUT2D eigenvalue weighted by atomic mass is 35.5. The molecule has 0 radical (unpaired) electrons. The summed E-state index contributed by atoms with van der Waals surface area (Å²) in [6.45, 7) is 1.76. The van der Waals surface area contributed by atoms with Crippen molar-refractivity contribution >= 4 is 29.3 Å². The lowest BCUT2D eigenvalue weighted by Crippen LogP contribution is -2.47. The summed E-state index contributed by atoms with van der Waals surface area (Å²) in [6.07, 6.45) is 1.94. The monoisotopic (exact) mass is 376 g/mol. The molecule has 1 aromatic carbocycles. The molecule has 0 unspecified atom stereocenters. The molecule has 130 valence electrons. The van der Waals surface area contributed by atoms with E-state index in [1.165, 1.54) is 16.4 Å². The molecule has 25 heavy (non-hydrogen) atoms. The molecule has 9 heteroatoms. The Hall–Kier alpha value is -2.24. The number of benzene rings is 1. The van der Waals surface area contributed by atoms with Crippen LogP contribution in [0.15, 0.2) is 29.4 Å². The predicted molar refractivity (Wildman–Crippen MR) is 96.2 cm³/mol. The van der Waals surface area contributed by atoms with Crippen LogP contribution in [-0.2, 0) is 4.79 Å². The Labute approximate surface area is 154 Å². The van der Waals surface area contributed by atoms with Crippen LogP contribution in [0.4, 0.5) is 0 Å². The van der Waals surface area contributed by atoms with Crippen molar-refractivity contribution in [2.24, 2.45) is 5.92 Å². The molecule has 0 bridgehead atoms. The average Bonchev–Trinajstić information content (AvgIpc) is 3.39. The number of nitrogen functional groups attached to an aromatic ring is 1. The van der Waals surface area contributed by atoms with Gasteiger partial charge in [-0.25, -0.2) is 4.68 Å². The van der Waals surface area contributed by atoms with Crippen molar-refractivity contribution in [1.82, 2.24) is 20.2 Å². The zero-order valence-electron chi connectivity index (χ0n) is 13.6. The Balaban J connectivity index is 1.63. The van der Waals surface area contributed by atoms with Crippen LogP contribution in [0.1, 0.15) is 19.8 Å². The van der Waals surface area contributed by atoms with Crippen molar-refractivity contribution in [3.8, 4) is 17.5 Å². The maximum atomic E-state index is 12.2. The first-order chi connectivity index (χ1) is 11.9. The number of nitrogens with two attached hydrogens (primary N) is 1. The Kier molecular flexibility index (Phi) is 4.88. The quantitative estimate of drug-likeness (QED) is 0.590. The minimum atomic E-state index is -0.803. The highest BCUT2D eigenvalue weighted by Gasteiger charge is 2.42. The standard InChI is InChI=1S/C16H17ClN6OS/c1-16(9-18,11-4-5-11)20-13(24)8-25-15-22-21-14(23(15)19)10-2-6-12(17)7-3-10/h2-3,6-7,11H,4-5,8,19H2,1H3,(H,20,24)/t16-/m0/s1. The SMILES string of the molecule is C[C@@](C#N)(NC(=O)CSc1nnc(-c2ccc(Cl)cc2)n1N)C1CC1. The molecule has 1 heterocycles. The zero-order chi connectivity index (χ0) is 18.0. The number of carbonyl (C=O) groups excluding carboxylic acids is 1. The lowest BCUT2D eigenvalue weighted by Gasteiger charge is -2.22. The number of nitrogens with zero attached hydrogens (tertiary/aromatic N) is 4. The first-order valence-electron chi connectivity index (χ1n) is 7.74. The molecule has 1 saturated carbocycles. The average molecular weight is 377 g/mol. The fraction of sp³-hybridized carbons (Fsp3) is 0.375. The van der Waals surface area contributed by atoms with E-state index >= 15 is 0 Å². The Morgan fingerprint density at radius 3 is 2.76 bits per heavy atom. The number of rotatable bonds is 6. The Morgan fingerprint density at radius 1 is 1.48 bits per heavy atom. The molecule has 1 aliphatic rings. The van der Waals surface area contributed by atoms with E-state index in [1.54, 1.807) is 31.2 Å². The van der Waals surface area contributed by atoms with Crippen LogP contribution in [0.2, 0.25) is 5.02 Å². The third-order valence-corrected chi connectivity index (χ3v) is 5.32. The second kappa shape index (κ2) is 6.94. The molecular weight excluding hydrogens is 360 g/mol. The minimum Gasteiger partial charge on any atom is -0.337 e. The molecule has 3 rings (SSSR count). The van der Waals surface area contributed by atoms with Crippen LogP contribution in [0, 0.1) is 17.2 Å². The Bertz CT molecular complexity index is 826. The van der Waals surface area contributed by atoms with Crippen molar-refractivity contribution in [3.63, 3.8) is 0 Å². The van der Waals surface area contributed by atoms with E-state index < -0.39 is 5.54 Å². The van der Waals surface area contributed by atoms with Gasteiger partial charge in [0.05, 0.1) is 11.8 Å². The molecule has 3 N–H and O–H groups in total. The smallest absolute Gasteiger partial charge is 0.231 e. The molecular formula is C16H17ClN6OS. The number of nitrogens with one attached hydrogen (secondary N) is 1. The number of nitriles is 1. The molecule has 0 spiro atoms. The maximum Gasteiger partial charge on any atom is 0.231 e. The largest absolute Gasteiger partial charge is 0.337 e. The number of halogens is 1. The maximum absolute atomic E-state index is 12.2. The molecule has 7 nitrogen and oxygen atoms in total. The number of thioether (sulfide) groups is 1. The highest BCUT2D eigenvalue weighted by molar-refractivity contribution is 7.99. The third-order valence-electron chi connectivity index (χ3n) is 4.12. The number of amides is 1. The normalized spacial score (nSPS) is 16.0. The molecule has 0 aliphatic heterocycles. The second-order valence-corrected chi connectivity index (χ2v) is 7.49. The summed E-state index contributed by atoms with van der Waals surface area (Å²) in [6, 6.07) is 9.28.